The van der Waals surface area contributed by atoms with Crippen LogP contribution in [-0.4, -0.2) is 15.2 Å². The number of aromatic nitrogens is 3. The molecule has 7 heteroatoms. The topological polar surface area (TPSA) is 51.8 Å². The van der Waals surface area contributed by atoms with Crippen LogP contribution in [0, 0.1) is 6.92 Å². The number of aryl methyl sites for hydroxylation is 1. The highest BCUT2D eigenvalue weighted by molar-refractivity contribution is 9.10. The van der Waals surface area contributed by atoms with Crippen LogP contribution in [0.1, 0.15) is 10.7 Å². The molecule has 2 heterocycles. The van der Waals surface area contributed by atoms with Crippen molar-refractivity contribution in [2.24, 2.45) is 0 Å². The van der Waals surface area contributed by atoms with Crippen LogP contribution in [0.3, 0.4) is 0 Å². The Kier molecular flexibility index (Phi) is 4.18. The van der Waals surface area contributed by atoms with E-state index in [0.717, 1.165) is 26.5 Å². The molecule has 0 aliphatic carbocycles. The molecule has 3 aromatic rings. The van der Waals surface area contributed by atoms with Crippen LogP contribution in [0.2, 0.25) is 0 Å². The van der Waals surface area contributed by atoms with Crippen molar-refractivity contribution < 1.29 is 4.42 Å². The first-order valence-electron chi connectivity index (χ1n) is 5.84. The fourth-order valence-corrected chi connectivity index (χ4v) is 3.39. The SMILES string of the molecule is Cc1nc(CSc2nnc(-c3cccc(Br)c3)o2)cs1. The number of thiazole rings is 1. The summed E-state index contributed by atoms with van der Waals surface area (Å²) in [5.74, 6) is 1.27. The molecule has 20 heavy (non-hydrogen) atoms. The number of nitrogens with zero attached hydrogens (tertiary/aromatic N) is 3. The van der Waals surface area contributed by atoms with Crippen LogP contribution in [0.25, 0.3) is 11.5 Å². The Balaban J connectivity index is 1.70. The van der Waals surface area contributed by atoms with Gasteiger partial charge in [0.25, 0.3) is 5.22 Å². The molecule has 0 N–H and O–H groups in total. The minimum atomic E-state index is 0.531. The molecule has 4 nitrogen and oxygen atoms in total. The van der Waals surface area contributed by atoms with Gasteiger partial charge in [-0.05, 0) is 25.1 Å². The van der Waals surface area contributed by atoms with E-state index in [4.69, 9.17) is 4.42 Å². The zero-order valence-electron chi connectivity index (χ0n) is 10.5. The molecule has 0 saturated heterocycles. The van der Waals surface area contributed by atoms with Gasteiger partial charge >= 0.3 is 0 Å². The third-order valence-corrected chi connectivity index (χ3v) is 4.66. The summed E-state index contributed by atoms with van der Waals surface area (Å²) in [5, 5.41) is 11.8. The van der Waals surface area contributed by atoms with Gasteiger partial charge in [-0.25, -0.2) is 4.98 Å². The number of rotatable bonds is 4. The first kappa shape index (κ1) is 13.8. The van der Waals surface area contributed by atoms with E-state index in [1.54, 1.807) is 11.3 Å². The summed E-state index contributed by atoms with van der Waals surface area (Å²) in [6.45, 7) is 2.00. The lowest BCUT2D eigenvalue weighted by Crippen LogP contribution is -1.80. The minimum absolute atomic E-state index is 0.531. The lowest BCUT2D eigenvalue weighted by atomic mass is 10.2. The maximum atomic E-state index is 5.65. The van der Waals surface area contributed by atoms with Gasteiger partial charge in [-0.3, -0.25) is 0 Å². The molecule has 1 aromatic carbocycles. The van der Waals surface area contributed by atoms with Crippen molar-refractivity contribution in [1.82, 2.24) is 15.2 Å². The van der Waals surface area contributed by atoms with E-state index in [9.17, 15) is 0 Å². The Morgan fingerprint density at radius 2 is 2.25 bits per heavy atom. The van der Waals surface area contributed by atoms with Gasteiger partial charge in [0, 0.05) is 21.2 Å². The van der Waals surface area contributed by atoms with Crippen molar-refractivity contribution in [2.45, 2.75) is 17.9 Å². The normalized spacial score (nSPS) is 10.9. The summed E-state index contributed by atoms with van der Waals surface area (Å²) < 4.78 is 6.64. The third-order valence-electron chi connectivity index (χ3n) is 2.49. The Labute approximate surface area is 132 Å². The highest BCUT2D eigenvalue weighted by Gasteiger charge is 2.10. The monoisotopic (exact) mass is 367 g/mol. The smallest absolute Gasteiger partial charge is 0.277 e. The third kappa shape index (κ3) is 3.28. The number of halogens is 1. The molecular weight excluding hydrogens is 358 g/mol. The Bertz CT molecular complexity index is 726. The first-order valence-corrected chi connectivity index (χ1v) is 8.50. The van der Waals surface area contributed by atoms with Crippen molar-refractivity contribution in [1.29, 1.82) is 0 Å². The minimum Gasteiger partial charge on any atom is -0.411 e. The molecule has 0 radical (unpaired) electrons. The molecular formula is C13H10BrN3OS2. The van der Waals surface area contributed by atoms with Gasteiger partial charge in [-0.2, -0.15) is 0 Å². The van der Waals surface area contributed by atoms with Crippen LogP contribution in [0.15, 0.2) is 43.8 Å². The van der Waals surface area contributed by atoms with Gasteiger partial charge in [0.05, 0.1) is 10.7 Å². The first-order chi connectivity index (χ1) is 9.70. The lowest BCUT2D eigenvalue weighted by Gasteiger charge is -1.95. The molecule has 3 rings (SSSR count). The predicted octanol–water partition coefficient (Wildman–Crippen LogP) is 4.56. The summed E-state index contributed by atoms with van der Waals surface area (Å²) in [4.78, 5) is 4.40. The lowest BCUT2D eigenvalue weighted by molar-refractivity contribution is 0.466. The maximum Gasteiger partial charge on any atom is 0.277 e. The summed E-state index contributed by atoms with van der Waals surface area (Å²) >= 11 is 6.57. The highest BCUT2D eigenvalue weighted by Crippen LogP contribution is 2.27. The Morgan fingerprint density at radius 3 is 3.00 bits per heavy atom. The number of thioether (sulfide) groups is 1. The zero-order valence-corrected chi connectivity index (χ0v) is 13.8. The summed E-state index contributed by atoms with van der Waals surface area (Å²) in [6, 6.07) is 7.79. The van der Waals surface area contributed by atoms with Gasteiger partial charge in [0.2, 0.25) is 5.89 Å². The van der Waals surface area contributed by atoms with Crippen molar-refractivity contribution in [2.75, 3.05) is 0 Å². The van der Waals surface area contributed by atoms with Gasteiger partial charge in [0.1, 0.15) is 0 Å². The molecule has 0 unspecified atom stereocenters. The molecule has 0 aliphatic rings. The van der Waals surface area contributed by atoms with E-state index in [1.807, 2.05) is 36.6 Å². The molecule has 0 fully saturated rings. The Hall–Kier alpha value is -1.18. The average Bonchev–Trinajstić information content (AvgIpc) is 3.05. The fraction of sp³-hybridized carbons (Fsp3) is 0.154. The molecule has 0 atom stereocenters. The molecule has 0 spiro atoms. The molecule has 0 saturated carbocycles. The number of hydrogen-bond acceptors (Lipinski definition) is 6. The van der Waals surface area contributed by atoms with Crippen molar-refractivity contribution in [3.63, 3.8) is 0 Å². The van der Waals surface area contributed by atoms with Crippen LogP contribution in [0.5, 0.6) is 0 Å². The summed E-state index contributed by atoms with van der Waals surface area (Å²) in [7, 11) is 0. The van der Waals surface area contributed by atoms with Crippen molar-refractivity contribution in [3.05, 3.63) is 44.8 Å². The summed E-state index contributed by atoms with van der Waals surface area (Å²) in [5.41, 5.74) is 1.95. The predicted molar refractivity (Wildman–Crippen MR) is 83.8 cm³/mol. The zero-order chi connectivity index (χ0) is 13.9. The second kappa shape index (κ2) is 6.07. The van der Waals surface area contributed by atoms with E-state index in [-0.39, 0.29) is 0 Å². The van der Waals surface area contributed by atoms with Gasteiger partial charge in [-0.1, -0.05) is 33.8 Å². The van der Waals surface area contributed by atoms with E-state index in [1.165, 1.54) is 11.8 Å². The fourth-order valence-electron chi connectivity index (χ4n) is 1.62. The molecule has 102 valence electrons. The Morgan fingerprint density at radius 1 is 1.35 bits per heavy atom. The van der Waals surface area contributed by atoms with E-state index >= 15 is 0 Å². The van der Waals surface area contributed by atoms with E-state index in [0.29, 0.717) is 11.1 Å². The van der Waals surface area contributed by atoms with Crippen LogP contribution in [0.4, 0.5) is 0 Å². The standard InChI is InChI=1S/C13H10BrN3OS2/c1-8-15-11(6-19-8)7-20-13-17-16-12(18-13)9-3-2-4-10(14)5-9/h2-6H,7H2,1H3. The highest BCUT2D eigenvalue weighted by atomic mass is 79.9. The molecule has 0 bridgehead atoms. The molecule has 2 aromatic heterocycles. The van der Waals surface area contributed by atoms with Crippen LogP contribution < -0.4 is 0 Å². The van der Waals surface area contributed by atoms with Crippen molar-refractivity contribution in [3.8, 4) is 11.5 Å². The molecule has 0 aliphatic heterocycles. The van der Waals surface area contributed by atoms with Gasteiger partial charge in [0.15, 0.2) is 0 Å². The molecule has 0 amide bonds. The van der Waals surface area contributed by atoms with Gasteiger partial charge in [-0.15, -0.1) is 21.5 Å². The second-order valence-corrected chi connectivity index (χ2v) is 6.93. The number of benzene rings is 1. The summed E-state index contributed by atoms with van der Waals surface area (Å²) in [6.07, 6.45) is 0. The van der Waals surface area contributed by atoms with Crippen molar-refractivity contribution >= 4 is 39.0 Å². The van der Waals surface area contributed by atoms with Crippen LogP contribution >= 0.6 is 39.0 Å². The average molecular weight is 368 g/mol. The second-order valence-electron chi connectivity index (χ2n) is 4.03. The quantitative estimate of drug-likeness (QED) is 0.632. The number of hydrogen-bond donors (Lipinski definition) is 0. The van der Waals surface area contributed by atoms with Gasteiger partial charge < -0.3 is 4.42 Å². The largest absolute Gasteiger partial charge is 0.411 e. The maximum absolute atomic E-state index is 5.65. The van der Waals surface area contributed by atoms with E-state index < -0.39 is 0 Å². The van der Waals surface area contributed by atoms with Crippen LogP contribution in [-0.2, 0) is 5.75 Å². The van der Waals surface area contributed by atoms with E-state index in [2.05, 4.69) is 31.1 Å².